The van der Waals surface area contributed by atoms with Crippen LogP contribution in [-0.2, 0) is 6.42 Å². The van der Waals surface area contributed by atoms with Crippen LogP contribution in [0.3, 0.4) is 0 Å². The van der Waals surface area contributed by atoms with Gasteiger partial charge < -0.3 is 5.73 Å². The third-order valence-electron chi connectivity index (χ3n) is 2.19. The van der Waals surface area contributed by atoms with Crippen LogP contribution in [0.5, 0.6) is 0 Å². The number of hydrogen-bond acceptors (Lipinski definition) is 1. The van der Waals surface area contributed by atoms with Crippen LogP contribution in [0.4, 0.5) is 22.0 Å². The highest BCUT2D eigenvalue weighted by atomic mass is 19.3. The van der Waals surface area contributed by atoms with Gasteiger partial charge in [-0.05, 0) is 25.0 Å². The van der Waals surface area contributed by atoms with Crippen molar-refractivity contribution >= 4 is 0 Å². The number of nitrogens with two attached hydrogens (primary N) is 1. The highest BCUT2D eigenvalue weighted by Crippen LogP contribution is 2.22. The van der Waals surface area contributed by atoms with Crippen LogP contribution in [0.15, 0.2) is 12.1 Å². The summed E-state index contributed by atoms with van der Waals surface area (Å²) in [6, 6.07) is 1.58. The van der Waals surface area contributed by atoms with Crippen LogP contribution >= 0.6 is 0 Å². The van der Waals surface area contributed by atoms with E-state index in [2.05, 4.69) is 0 Å². The number of hydrogen-bond donors (Lipinski definition) is 1. The SMILES string of the molecule is CC(N)(Cc1ccc(F)c(F)c1F)C(F)F. The summed E-state index contributed by atoms with van der Waals surface area (Å²) in [5.74, 6) is -4.52. The standard InChI is InChI=1S/C10H10F5N/c1-10(16,9(14)15)4-5-2-3-6(11)8(13)7(5)12/h2-3,9H,4,16H2,1H3. The Balaban J connectivity index is 3.04. The largest absolute Gasteiger partial charge is 0.320 e. The van der Waals surface area contributed by atoms with Crippen LogP contribution in [0.2, 0.25) is 0 Å². The Hall–Kier alpha value is -1.17. The molecule has 1 aromatic rings. The van der Waals surface area contributed by atoms with E-state index < -0.39 is 35.8 Å². The summed E-state index contributed by atoms with van der Waals surface area (Å²) >= 11 is 0. The Morgan fingerprint density at radius 2 is 1.75 bits per heavy atom. The van der Waals surface area contributed by atoms with E-state index in [1.54, 1.807) is 0 Å². The second-order valence-corrected chi connectivity index (χ2v) is 3.82. The second-order valence-electron chi connectivity index (χ2n) is 3.82. The molecule has 0 aliphatic rings. The van der Waals surface area contributed by atoms with Gasteiger partial charge in [0.05, 0.1) is 5.54 Å². The molecule has 1 aromatic carbocycles. The normalized spacial score (nSPS) is 15.2. The van der Waals surface area contributed by atoms with Crippen LogP contribution in [0.1, 0.15) is 12.5 Å². The zero-order valence-electron chi connectivity index (χ0n) is 8.41. The maximum absolute atomic E-state index is 13.1. The minimum atomic E-state index is -2.89. The first-order valence-electron chi connectivity index (χ1n) is 4.45. The molecule has 90 valence electrons. The van der Waals surface area contributed by atoms with Crippen molar-refractivity contribution in [3.05, 3.63) is 35.1 Å². The van der Waals surface area contributed by atoms with E-state index >= 15 is 0 Å². The van der Waals surface area contributed by atoms with E-state index in [1.807, 2.05) is 0 Å². The van der Waals surface area contributed by atoms with Gasteiger partial charge in [0.1, 0.15) is 0 Å². The molecule has 0 amide bonds. The summed E-state index contributed by atoms with van der Waals surface area (Å²) in [4.78, 5) is 0. The number of rotatable bonds is 3. The third kappa shape index (κ3) is 2.49. The van der Waals surface area contributed by atoms with Gasteiger partial charge in [-0.3, -0.25) is 0 Å². The highest BCUT2D eigenvalue weighted by molar-refractivity contribution is 5.22. The molecule has 0 saturated heterocycles. The highest BCUT2D eigenvalue weighted by Gasteiger charge is 2.32. The average molecular weight is 239 g/mol. The molecule has 16 heavy (non-hydrogen) atoms. The molecule has 1 unspecified atom stereocenters. The van der Waals surface area contributed by atoms with Crippen molar-refractivity contribution in [2.45, 2.75) is 25.3 Å². The molecule has 2 N–H and O–H groups in total. The summed E-state index contributed by atoms with van der Waals surface area (Å²) in [7, 11) is 0. The molecule has 1 rings (SSSR count). The first-order chi connectivity index (χ1) is 7.25. The molecule has 0 aromatic heterocycles. The second kappa shape index (κ2) is 4.37. The first kappa shape index (κ1) is 12.9. The number of alkyl halides is 2. The maximum atomic E-state index is 13.1. The van der Waals surface area contributed by atoms with E-state index in [-0.39, 0.29) is 5.56 Å². The topological polar surface area (TPSA) is 26.0 Å². The van der Waals surface area contributed by atoms with Gasteiger partial charge in [-0.15, -0.1) is 0 Å². The molecular weight excluding hydrogens is 229 g/mol. The molecule has 0 spiro atoms. The Morgan fingerprint density at radius 3 is 2.25 bits per heavy atom. The van der Waals surface area contributed by atoms with Crippen molar-refractivity contribution in [3.8, 4) is 0 Å². The lowest BCUT2D eigenvalue weighted by Crippen LogP contribution is -2.46. The van der Waals surface area contributed by atoms with Crippen LogP contribution in [-0.4, -0.2) is 12.0 Å². The summed E-state index contributed by atoms with van der Waals surface area (Å²) in [5.41, 5.74) is 2.86. The fraction of sp³-hybridized carbons (Fsp3) is 0.400. The van der Waals surface area contributed by atoms with Crippen molar-refractivity contribution in [2.75, 3.05) is 0 Å². The average Bonchev–Trinajstić information content (AvgIpc) is 2.19. The minimum Gasteiger partial charge on any atom is -0.320 e. The van der Waals surface area contributed by atoms with Gasteiger partial charge in [0.15, 0.2) is 17.5 Å². The van der Waals surface area contributed by atoms with Crippen LogP contribution < -0.4 is 5.73 Å². The molecule has 1 nitrogen and oxygen atoms in total. The van der Waals surface area contributed by atoms with E-state index in [9.17, 15) is 22.0 Å². The number of halogens is 5. The zero-order chi connectivity index (χ0) is 12.5. The van der Waals surface area contributed by atoms with Crippen molar-refractivity contribution in [1.82, 2.24) is 0 Å². The van der Waals surface area contributed by atoms with Gasteiger partial charge >= 0.3 is 0 Å². The van der Waals surface area contributed by atoms with Gasteiger partial charge in [-0.1, -0.05) is 6.07 Å². The third-order valence-corrected chi connectivity index (χ3v) is 2.19. The van der Waals surface area contributed by atoms with Gasteiger partial charge in [-0.25, -0.2) is 22.0 Å². The Kier molecular flexibility index (Phi) is 3.52. The quantitative estimate of drug-likeness (QED) is 0.636. The predicted molar refractivity (Wildman–Crippen MR) is 48.6 cm³/mol. The van der Waals surface area contributed by atoms with Crippen molar-refractivity contribution in [3.63, 3.8) is 0 Å². The van der Waals surface area contributed by atoms with E-state index in [1.165, 1.54) is 0 Å². The zero-order valence-corrected chi connectivity index (χ0v) is 8.41. The number of benzene rings is 1. The molecule has 0 heterocycles. The summed E-state index contributed by atoms with van der Waals surface area (Å²) < 4.78 is 63.3. The minimum absolute atomic E-state index is 0.371. The van der Waals surface area contributed by atoms with Gasteiger partial charge in [0.25, 0.3) is 6.43 Å². The van der Waals surface area contributed by atoms with Crippen molar-refractivity contribution in [1.29, 1.82) is 0 Å². The van der Waals surface area contributed by atoms with Crippen molar-refractivity contribution in [2.24, 2.45) is 5.73 Å². The Morgan fingerprint density at radius 1 is 1.19 bits per heavy atom. The van der Waals surface area contributed by atoms with Gasteiger partial charge in [-0.2, -0.15) is 0 Å². The lowest BCUT2D eigenvalue weighted by molar-refractivity contribution is 0.0634. The monoisotopic (exact) mass is 239 g/mol. The fourth-order valence-corrected chi connectivity index (χ4v) is 1.19. The fourth-order valence-electron chi connectivity index (χ4n) is 1.19. The summed E-state index contributed by atoms with van der Waals surface area (Å²) in [6.45, 7) is 1.01. The van der Waals surface area contributed by atoms with Crippen molar-refractivity contribution < 1.29 is 22.0 Å². The Labute approximate surface area is 89.1 Å². The lowest BCUT2D eigenvalue weighted by atomic mass is 9.94. The molecular formula is C10H10F5N. The maximum Gasteiger partial charge on any atom is 0.256 e. The molecule has 0 bridgehead atoms. The molecule has 6 heteroatoms. The van der Waals surface area contributed by atoms with E-state index in [0.717, 1.165) is 13.0 Å². The molecule has 0 aliphatic heterocycles. The molecule has 0 saturated carbocycles. The van der Waals surface area contributed by atoms with E-state index in [0.29, 0.717) is 6.07 Å². The first-order valence-corrected chi connectivity index (χ1v) is 4.45. The predicted octanol–water partition coefficient (Wildman–Crippen LogP) is 2.63. The molecule has 1 atom stereocenters. The van der Waals surface area contributed by atoms with Gasteiger partial charge in [0, 0.05) is 0 Å². The molecule has 0 aliphatic carbocycles. The lowest BCUT2D eigenvalue weighted by Gasteiger charge is -2.23. The Bertz CT molecular complexity index is 389. The molecule has 0 fully saturated rings. The summed E-state index contributed by atoms with van der Waals surface area (Å²) in [6.07, 6.45) is -3.46. The van der Waals surface area contributed by atoms with Gasteiger partial charge in [0.2, 0.25) is 0 Å². The van der Waals surface area contributed by atoms with Crippen LogP contribution in [0, 0.1) is 17.5 Å². The van der Waals surface area contributed by atoms with Crippen LogP contribution in [0.25, 0.3) is 0 Å². The smallest absolute Gasteiger partial charge is 0.256 e. The summed E-state index contributed by atoms with van der Waals surface area (Å²) in [5, 5.41) is 0. The van der Waals surface area contributed by atoms with E-state index in [4.69, 9.17) is 5.73 Å². The molecule has 0 radical (unpaired) electrons.